The van der Waals surface area contributed by atoms with Crippen molar-refractivity contribution in [2.24, 2.45) is 0 Å². The van der Waals surface area contributed by atoms with E-state index in [2.05, 4.69) is 10.6 Å². The molecule has 1 heterocycles. The second-order valence-electron chi connectivity index (χ2n) is 7.26. The van der Waals surface area contributed by atoms with Crippen LogP contribution in [0, 0.1) is 6.92 Å². The standard InChI is InChI=1S/C24H22ClN3O2/c1-16-20(25)8-5-9-21(16)27-24(30)26-15-17-10-11-18-12-13-28(22(18)14-17)23(29)19-6-3-2-4-7-19/h2-11,14H,12-13,15H2,1H3,(H2,26,27,30). The summed E-state index contributed by atoms with van der Waals surface area (Å²) < 4.78 is 0. The maximum Gasteiger partial charge on any atom is 0.319 e. The van der Waals surface area contributed by atoms with Crippen molar-refractivity contribution in [1.29, 1.82) is 0 Å². The highest BCUT2D eigenvalue weighted by molar-refractivity contribution is 6.31. The predicted molar refractivity (Wildman–Crippen MR) is 120 cm³/mol. The fourth-order valence-corrected chi connectivity index (χ4v) is 3.75. The number of hydrogen-bond donors (Lipinski definition) is 2. The number of fused-ring (bicyclic) bond motifs is 1. The van der Waals surface area contributed by atoms with Crippen molar-refractivity contribution in [3.05, 3.63) is 94.0 Å². The Morgan fingerprint density at radius 1 is 1.03 bits per heavy atom. The van der Waals surface area contributed by atoms with E-state index in [0.29, 0.717) is 29.4 Å². The molecule has 6 heteroatoms. The first-order chi connectivity index (χ1) is 14.5. The Labute approximate surface area is 180 Å². The number of rotatable bonds is 4. The molecule has 4 rings (SSSR count). The van der Waals surface area contributed by atoms with E-state index in [9.17, 15) is 9.59 Å². The molecule has 30 heavy (non-hydrogen) atoms. The third-order valence-electron chi connectivity index (χ3n) is 5.28. The van der Waals surface area contributed by atoms with Crippen LogP contribution >= 0.6 is 11.6 Å². The van der Waals surface area contributed by atoms with Crippen molar-refractivity contribution < 1.29 is 9.59 Å². The number of urea groups is 1. The second kappa shape index (κ2) is 8.59. The van der Waals surface area contributed by atoms with Crippen LogP contribution < -0.4 is 15.5 Å². The fraction of sp³-hybridized carbons (Fsp3) is 0.167. The van der Waals surface area contributed by atoms with E-state index in [1.54, 1.807) is 12.1 Å². The molecule has 0 unspecified atom stereocenters. The number of amides is 3. The number of halogens is 1. The van der Waals surface area contributed by atoms with Crippen molar-refractivity contribution in [1.82, 2.24) is 5.32 Å². The normalized spacial score (nSPS) is 12.4. The van der Waals surface area contributed by atoms with Gasteiger partial charge in [0.25, 0.3) is 5.91 Å². The van der Waals surface area contributed by atoms with Crippen molar-refractivity contribution in [3.63, 3.8) is 0 Å². The molecule has 2 N–H and O–H groups in total. The Kier molecular flexibility index (Phi) is 5.72. The lowest BCUT2D eigenvalue weighted by molar-refractivity contribution is 0.0989. The highest BCUT2D eigenvalue weighted by Crippen LogP contribution is 2.30. The molecule has 0 atom stereocenters. The Hall–Kier alpha value is -3.31. The van der Waals surface area contributed by atoms with Crippen molar-refractivity contribution in [3.8, 4) is 0 Å². The minimum absolute atomic E-state index is 0.00589. The number of benzene rings is 3. The van der Waals surface area contributed by atoms with E-state index in [1.165, 1.54) is 0 Å². The van der Waals surface area contributed by atoms with Crippen LogP contribution in [0.2, 0.25) is 5.02 Å². The van der Waals surface area contributed by atoms with Crippen LogP contribution in [0.5, 0.6) is 0 Å². The topological polar surface area (TPSA) is 61.4 Å². The number of carbonyl (C=O) groups excluding carboxylic acids is 2. The smallest absolute Gasteiger partial charge is 0.319 e. The van der Waals surface area contributed by atoms with E-state index < -0.39 is 0 Å². The monoisotopic (exact) mass is 419 g/mol. The summed E-state index contributed by atoms with van der Waals surface area (Å²) in [6.45, 7) is 2.87. The van der Waals surface area contributed by atoms with Gasteiger partial charge in [0.15, 0.2) is 0 Å². The predicted octanol–water partition coefficient (Wildman–Crippen LogP) is 5.17. The lowest BCUT2D eigenvalue weighted by Gasteiger charge is -2.18. The van der Waals surface area contributed by atoms with Gasteiger partial charge < -0.3 is 15.5 Å². The molecule has 0 spiro atoms. The molecule has 0 aliphatic carbocycles. The van der Waals surface area contributed by atoms with Gasteiger partial charge in [0, 0.05) is 35.1 Å². The summed E-state index contributed by atoms with van der Waals surface area (Å²) >= 11 is 6.10. The first-order valence-electron chi connectivity index (χ1n) is 9.81. The van der Waals surface area contributed by atoms with E-state index >= 15 is 0 Å². The summed E-state index contributed by atoms with van der Waals surface area (Å²) in [5.41, 5.74) is 5.15. The molecule has 3 aromatic carbocycles. The van der Waals surface area contributed by atoms with E-state index in [-0.39, 0.29) is 11.9 Å². The van der Waals surface area contributed by atoms with Gasteiger partial charge in [-0.1, -0.05) is 48.0 Å². The number of carbonyl (C=O) groups is 2. The quantitative estimate of drug-likeness (QED) is 0.612. The molecule has 0 saturated heterocycles. The largest absolute Gasteiger partial charge is 0.334 e. The third-order valence-corrected chi connectivity index (χ3v) is 5.69. The van der Waals surface area contributed by atoms with Gasteiger partial charge in [0.2, 0.25) is 0 Å². The van der Waals surface area contributed by atoms with Crippen LogP contribution in [0.3, 0.4) is 0 Å². The maximum absolute atomic E-state index is 12.9. The van der Waals surface area contributed by atoms with Gasteiger partial charge in [-0.15, -0.1) is 0 Å². The van der Waals surface area contributed by atoms with Gasteiger partial charge in [-0.05, 0) is 60.4 Å². The number of nitrogens with zero attached hydrogens (tertiary/aromatic N) is 1. The SMILES string of the molecule is Cc1c(Cl)cccc1NC(=O)NCc1ccc2c(c1)N(C(=O)c1ccccc1)CC2. The molecule has 0 bridgehead atoms. The molecule has 1 aliphatic heterocycles. The van der Waals surface area contributed by atoms with E-state index in [0.717, 1.165) is 28.8 Å². The number of nitrogens with one attached hydrogen (secondary N) is 2. The zero-order chi connectivity index (χ0) is 21.1. The van der Waals surface area contributed by atoms with Gasteiger partial charge in [-0.2, -0.15) is 0 Å². The van der Waals surface area contributed by atoms with Crippen molar-refractivity contribution >= 4 is 34.9 Å². The van der Waals surface area contributed by atoms with Gasteiger partial charge >= 0.3 is 6.03 Å². The van der Waals surface area contributed by atoms with Crippen molar-refractivity contribution in [2.45, 2.75) is 19.9 Å². The molecule has 3 aromatic rings. The highest BCUT2D eigenvalue weighted by Gasteiger charge is 2.25. The van der Waals surface area contributed by atoms with Crippen LogP contribution in [0.1, 0.15) is 27.0 Å². The number of hydrogen-bond acceptors (Lipinski definition) is 2. The summed E-state index contributed by atoms with van der Waals surface area (Å²) in [5, 5.41) is 6.29. The zero-order valence-electron chi connectivity index (χ0n) is 16.6. The summed E-state index contributed by atoms with van der Waals surface area (Å²) in [5.74, 6) is -0.00589. The molecule has 152 valence electrons. The van der Waals surface area contributed by atoms with Crippen molar-refractivity contribution in [2.75, 3.05) is 16.8 Å². The summed E-state index contributed by atoms with van der Waals surface area (Å²) in [7, 11) is 0. The van der Waals surface area contributed by atoms with E-state index in [1.807, 2.05) is 66.4 Å². The first-order valence-corrected chi connectivity index (χ1v) is 10.2. The van der Waals surface area contributed by atoms with Gasteiger partial charge in [0.1, 0.15) is 0 Å². The molecule has 3 amide bonds. The maximum atomic E-state index is 12.9. The van der Waals surface area contributed by atoms with Crippen LogP contribution in [0.15, 0.2) is 66.7 Å². The molecular formula is C24H22ClN3O2. The van der Waals surface area contributed by atoms with Gasteiger partial charge in [0.05, 0.1) is 0 Å². The molecule has 0 saturated carbocycles. The van der Waals surface area contributed by atoms with Crippen LogP contribution in [0.4, 0.5) is 16.2 Å². The second-order valence-corrected chi connectivity index (χ2v) is 7.66. The van der Waals surface area contributed by atoms with Crippen LogP contribution in [-0.2, 0) is 13.0 Å². The molecule has 1 aliphatic rings. The van der Waals surface area contributed by atoms with Gasteiger partial charge in [-0.25, -0.2) is 4.79 Å². The fourth-order valence-electron chi connectivity index (χ4n) is 3.57. The Bertz CT molecular complexity index is 1100. The molecule has 0 aromatic heterocycles. The Morgan fingerprint density at radius 2 is 1.83 bits per heavy atom. The molecule has 0 radical (unpaired) electrons. The zero-order valence-corrected chi connectivity index (χ0v) is 17.4. The average molecular weight is 420 g/mol. The molecule has 5 nitrogen and oxygen atoms in total. The summed E-state index contributed by atoms with van der Waals surface area (Å²) in [4.78, 5) is 27.0. The highest BCUT2D eigenvalue weighted by atomic mass is 35.5. The molecular weight excluding hydrogens is 398 g/mol. The summed E-state index contributed by atoms with van der Waals surface area (Å²) in [6.07, 6.45) is 0.830. The third kappa shape index (κ3) is 4.16. The first kappa shape index (κ1) is 20.0. The lowest BCUT2D eigenvalue weighted by Crippen LogP contribution is -2.29. The Balaban J connectivity index is 1.43. The molecule has 0 fully saturated rings. The minimum atomic E-state index is -0.307. The minimum Gasteiger partial charge on any atom is -0.334 e. The van der Waals surface area contributed by atoms with E-state index in [4.69, 9.17) is 11.6 Å². The Morgan fingerprint density at radius 3 is 2.63 bits per heavy atom. The summed E-state index contributed by atoms with van der Waals surface area (Å²) in [6, 6.07) is 20.4. The van der Waals surface area contributed by atoms with Crippen LogP contribution in [0.25, 0.3) is 0 Å². The number of anilines is 2. The van der Waals surface area contributed by atoms with Gasteiger partial charge in [-0.3, -0.25) is 4.79 Å². The van der Waals surface area contributed by atoms with Crippen LogP contribution in [-0.4, -0.2) is 18.5 Å². The average Bonchev–Trinajstić information content (AvgIpc) is 3.19. The lowest BCUT2D eigenvalue weighted by atomic mass is 10.1.